The number of aromatic nitrogens is 3. The van der Waals surface area contributed by atoms with Crippen LogP contribution in [0.3, 0.4) is 0 Å². The summed E-state index contributed by atoms with van der Waals surface area (Å²) in [5.41, 5.74) is -0.761. The van der Waals surface area contributed by atoms with Crippen molar-refractivity contribution in [1.29, 1.82) is 0 Å². The van der Waals surface area contributed by atoms with Gasteiger partial charge in [0.1, 0.15) is 11.4 Å². The lowest BCUT2D eigenvalue weighted by atomic mass is 10.0. The Morgan fingerprint density at radius 1 is 1.13 bits per heavy atom. The van der Waals surface area contributed by atoms with E-state index in [0.29, 0.717) is 42.3 Å². The van der Waals surface area contributed by atoms with Crippen LogP contribution in [-0.4, -0.2) is 32.7 Å². The monoisotopic (exact) mass is 543 g/mol. The maximum Gasteiger partial charge on any atom is 0.431 e. The fraction of sp³-hybridized carbons (Fsp3) is 0.231. The Hall–Kier alpha value is -4.37. The normalized spacial score (nSPS) is 11.4. The number of ether oxygens (including phenoxy) is 2. The molecule has 0 fully saturated rings. The number of alkyl halides is 3. The van der Waals surface area contributed by atoms with Crippen LogP contribution in [0.25, 0.3) is 27.0 Å². The second-order valence-corrected chi connectivity index (χ2v) is 9.15. The van der Waals surface area contributed by atoms with Gasteiger partial charge in [-0.3, -0.25) is 9.36 Å². The van der Waals surface area contributed by atoms with E-state index < -0.39 is 35.7 Å². The number of hydrogen-bond donors (Lipinski definition) is 0. The summed E-state index contributed by atoms with van der Waals surface area (Å²) in [4.78, 5) is 37.3. The van der Waals surface area contributed by atoms with Crippen LogP contribution in [0, 0.1) is 26.2 Å². The van der Waals surface area contributed by atoms with E-state index in [4.69, 9.17) is 15.9 Å². The van der Waals surface area contributed by atoms with Crippen LogP contribution in [0.2, 0.25) is 0 Å². The minimum Gasteiger partial charge on any atom is -0.481 e. The molecule has 2 aromatic carbocycles. The molecule has 2 heterocycles. The first kappa shape index (κ1) is 26.7. The smallest absolute Gasteiger partial charge is 0.431 e. The molecule has 4 aromatic rings. The Labute approximate surface area is 218 Å². The third-order valence-corrected chi connectivity index (χ3v) is 6.66. The highest BCUT2D eigenvalue weighted by molar-refractivity contribution is 7.13. The van der Waals surface area contributed by atoms with E-state index in [0.717, 1.165) is 29.7 Å². The summed E-state index contributed by atoms with van der Waals surface area (Å²) in [7, 11) is 0.949. The van der Waals surface area contributed by atoms with Gasteiger partial charge in [-0.15, -0.1) is 6.42 Å². The summed E-state index contributed by atoms with van der Waals surface area (Å²) in [6, 6.07) is 8.53. The number of terminal acetylenes is 1. The van der Waals surface area contributed by atoms with Crippen molar-refractivity contribution in [1.82, 2.24) is 13.5 Å². The van der Waals surface area contributed by atoms with Crippen molar-refractivity contribution in [3.8, 4) is 35.0 Å². The van der Waals surface area contributed by atoms with Gasteiger partial charge in [0.05, 0.1) is 16.1 Å². The van der Waals surface area contributed by atoms with Gasteiger partial charge in [-0.25, -0.2) is 14.2 Å². The van der Waals surface area contributed by atoms with Crippen LogP contribution in [0.1, 0.15) is 16.8 Å². The number of carbonyl (C=O) groups excluding carboxylic acids is 1. The predicted molar refractivity (Wildman–Crippen MR) is 136 cm³/mol. The van der Waals surface area contributed by atoms with E-state index in [2.05, 4.69) is 10.3 Å². The van der Waals surface area contributed by atoms with Crippen LogP contribution in [0.15, 0.2) is 46.0 Å². The van der Waals surface area contributed by atoms with Gasteiger partial charge in [0.15, 0.2) is 13.2 Å². The zero-order valence-corrected chi connectivity index (χ0v) is 21.2. The molecule has 0 unspecified atom stereocenters. The molecule has 2 aromatic heterocycles. The van der Waals surface area contributed by atoms with Crippen LogP contribution in [-0.2, 0) is 22.8 Å². The second kappa shape index (κ2) is 10.2. The zero-order chi connectivity index (χ0) is 27.8. The third-order valence-electron chi connectivity index (χ3n) is 5.84. The maximum atomic E-state index is 13.3. The third kappa shape index (κ3) is 5.05. The fourth-order valence-electron chi connectivity index (χ4n) is 3.79. The summed E-state index contributed by atoms with van der Waals surface area (Å²) < 4.78 is 56.6. The van der Waals surface area contributed by atoms with Crippen molar-refractivity contribution in [3.63, 3.8) is 0 Å². The minimum absolute atomic E-state index is 0.0717. The highest BCUT2D eigenvalue weighted by Crippen LogP contribution is 2.38. The number of rotatable bonds is 6. The molecule has 0 bridgehead atoms. The van der Waals surface area contributed by atoms with Gasteiger partial charge >= 0.3 is 17.8 Å². The van der Waals surface area contributed by atoms with Crippen LogP contribution in [0.4, 0.5) is 13.2 Å². The van der Waals surface area contributed by atoms with Crippen molar-refractivity contribution >= 4 is 27.6 Å². The number of halogens is 3. The molecule has 0 amide bonds. The van der Waals surface area contributed by atoms with E-state index in [-0.39, 0.29) is 12.3 Å². The van der Waals surface area contributed by atoms with Crippen LogP contribution in [0.5, 0.6) is 5.75 Å². The number of nitrogens with zero attached hydrogens (tertiary/aromatic N) is 3. The first-order valence-electron chi connectivity index (χ1n) is 11.1. The van der Waals surface area contributed by atoms with Crippen LogP contribution < -0.4 is 16.0 Å². The predicted octanol–water partition coefficient (Wildman–Crippen LogP) is 4.00. The van der Waals surface area contributed by atoms with Crippen LogP contribution >= 0.6 is 11.5 Å². The largest absolute Gasteiger partial charge is 0.481 e. The molecule has 0 aliphatic heterocycles. The summed E-state index contributed by atoms with van der Waals surface area (Å²) in [6.07, 6.45) is 0.234. The lowest BCUT2D eigenvalue weighted by Crippen LogP contribution is -2.40. The van der Waals surface area contributed by atoms with Crippen molar-refractivity contribution in [2.75, 3.05) is 13.2 Å². The summed E-state index contributed by atoms with van der Waals surface area (Å²) in [5, 5.41) is 0.532. The van der Waals surface area contributed by atoms with Crippen molar-refractivity contribution in [2.24, 2.45) is 7.05 Å². The first-order chi connectivity index (χ1) is 17.9. The lowest BCUT2D eigenvalue weighted by Gasteiger charge is -2.14. The Balaban J connectivity index is 1.84. The molecule has 0 aliphatic rings. The molecule has 196 valence electrons. The molecular weight excluding hydrogens is 523 g/mol. The highest BCUT2D eigenvalue weighted by atomic mass is 32.1. The number of aryl methyl sites for hydroxylation is 2. The van der Waals surface area contributed by atoms with Gasteiger partial charge in [-0.2, -0.15) is 17.5 Å². The minimum atomic E-state index is -4.87. The Morgan fingerprint density at radius 2 is 1.84 bits per heavy atom. The fourth-order valence-corrected chi connectivity index (χ4v) is 4.56. The van der Waals surface area contributed by atoms with Gasteiger partial charge in [-0.05, 0) is 66.8 Å². The van der Waals surface area contributed by atoms with E-state index in [1.54, 1.807) is 12.1 Å². The topological polar surface area (TPSA) is 92.4 Å². The quantitative estimate of drug-likeness (QED) is 0.270. The maximum absolute atomic E-state index is 13.3. The summed E-state index contributed by atoms with van der Waals surface area (Å²) in [6.45, 7) is 3.16. The SMILES string of the molecule is C#CCOC(=O)COc1cc(C)c(C)cc1-c1nsc2ccc(-n3c(=O)cc(C(F)(F)F)n(C)c3=O)cc12. The Kier molecular flexibility index (Phi) is 7.15. The molecule has 0 radical (unpaired) electrons. The summed E-state index contributed by atoms with van der Waals surface area (Å²) in [5.74, 6) is 1.88. The average molecular weight is 544 g/mol. The molecule has 38 heavy (non-hydrogen) atoms. The molecule has 4 rings (SSSR count). The molecule has 0 saturated carbocycles. The summed E-state index contributed by atoms with van der Waals surface area (Å²) >= 11 is 1.15. The molecule has 0 N–H and O–H groups in total. The number of fused-ring (bicyclic) bond motifs is 1. The second-order valence-electron chi connectivity index (χ2n) is 8.34. The van der Waals surface area contributed by atoms with Crippen molar-refractivity contribution < 1.29 is 27.4 Å². The standard InChI is InChI=1S/C26H20F3N3O5S/c1-5-8-36-23(34)13-37-19-10-15(3)14(2)9-17(19)24-18-11-16(6-7-20(18)38-30-24)32-22(33)12-21(26(27,28)29)31(4)25(32)35/h1,6-7,9-12H,8,13H2,2-4H3. The van der Waals surface area contributed by atoms with Crippen molar-refractivity contribution in [2.45, 2.75) is 20.0 Å². The number of carbonyl (C=O) groups is 1. The number of hydrogen-bond acceptors (Lipinski definition) is 7. The average Bonchev–Trinajstić information content (AvgIpc) is 3.28. The first-order valence-corrected chi connectivity index (χ1v) is 11.8. The van der Waals surface area contributed by atoms with Gasteiger partial charge in [0, 0.05) is 24.1 Å². The molecular formula is C26H20F3N3O5S. The molecule has 0 saturated heterocycles. The molecule has 0 spiro atoms. The van der Waals surface area contributed by atoms with Gasteiger partial charge in [0.25, 0.3) is 5.56 Å². The van der Waals surface area contributed by atoms with Gasteiger partial charge < -0.3 is 9.47 Å². The van der Waals surface area contributed by atoms with Gasteiger partial charge in [0.2, 0.25) is 0 Å². The number of benzene rings is 2. The molecule has 8 nitrogen and oxygen atoms in total. The lowest BCUT2D eigenvalue weighted by molar-refractivity contribution is -0.145. The Bertz CT molecular complexity index is 1730. The van der Waals surface area contributed by atoms with Gasteiger partial charge in [-0.1, -0.05) is 5.92 Å². The van der Waals surface area contributed by atoms with E-state index in [1.807, 2.05) is 19.9 Å². The van der Waals surface area contributed by atoms with E-state index in [9.17, 15) is 27.6 Å². The Morgan fingerprint density at radius 3 is 2.53 bits per heavy atom. The van der Waals surface area contributed by atoms with Crippen molar-refractivity contribution in [3.05, 3.63) is 74.1 Å². The molecule has 12 heteroatoms. The zero-order valence-electron chi connectivity index (χ0n) is 20.4. The molecule has 0 aliphatic carbocycles. The number of esters is 1. The highest BCUT2D eigenvalue weighted by Gasteiger charge is 2.35. The van der Waals surface area contributed by atoms with E-state index >= 15 is 0 Å². The van der Waals surface area contributed by atoms with E-state index in [1.165, 1.54) is 12.1 Å². The molecule has 0 atom stereocenters.